The molecule has 2 heterocycles. The molecule has 1 amide bonds. The van der Waals surface area contributed by atoms with Crippen molar-refractivity contribution in [1.82, 2.24) is 10.1 Å². The normalized spacial score (nSPS) is 16.6. The number of aromatic nitrogens is 1. The second kappa shape index (κ2) is 9.69. The van der Waals surface area contributed by atoms with E-state index in [1.807, 2.05) is 59.5 Å². The first-order valence-corrected chi connectivity index (χ1v) is 10.7. The summed E-state index contributed by atoms with van der Waals surface area (Å²) >= 11 is 0. The average molecular weight is 421 g/mol. The number of likely N-dealkylation sites (tertiary alicyclic amines) is 1. The van der Waals surface area contributed by atoms with E-state index in [-0.39, 0.29) is 11.9 Å². The molecule has 6 nitrogen and oxygen atoms in total. The Morgan fingerprint density at radius 1 is 1.00 bits per heavy atom. The van der Waals surface area contributed by atoms with Gasteiger partial charge in [-0.15, -0.1) is 0 Å². The molecule has 3 aromatic rings. The zero-order valence-corrected chi connectivity index (χ0v) is 18.0. The molecule has 1 aliphatic heterocycles. The summed E-state index contributed by atoms with van der Waals surface area (Å²) < 4.78 is 16.1. The molecular weight excluding hydrogens is 392 g/mol. The smallest absolute Gasteiger partial charge is 0.227 e. The zero-order chi connectivity index (χ0) is 21.6. The van der Waals surface area contributed by atoms with Gasteiger partial charge in [0.2, 0.25) is 5.91 Å². The van der Waals surface area contributed by atoms with Gasteiger partial charge in [-0.25, -0.2) is 0 Å². The molecule has 1 fully saturated rings. The number of methoxy groups -OCH3 is 2. The zero-order valence-electron chi connectivity index (χ0n) is 18.0. The van der Waals surface area contributed by atoms with Crippen LogP contribution in [0.1, 0.15) is 43.0 Å². The van der Waals surface area contributed by atoms with Crippen LogP contribution in [0.25, 0.3) is 11.3 Å². The van der Waals surface area contributed by atoms with E-state index in [2.05, 4.69) is 5.16 Å². The largest absolute Gasteiger partial charge is 0.497 e. The first kappa shape index (κ1) is 21.0. The Morgan fingerprint density at radius 2 is 1.68 bits per heavy atom. The van der Waals surface area contributed by atoms with Gasteiger partial charge in [-0.05, 0) is 54.8 Å². The van der Waals surface area contributed by atoms with Crippen LogP contribution >= 0.6 is 0 Å². The predicted molar refractivity (Wildman–Crippen MR) is 118 cm³/mol. The monoisotopic (exact) mass is 420 g/mol. The summed E-state index contributed by atoms with van der Waals surface area (Å²) in [6.07, 6.45) is 4.45. The fraction of sp³-hybridized carbons (Fsp3) is 0.360. The molecule has 0 bridgehead atoms. The van der Waals surface area contributed by atoms with Gasteiger partial charge in [0.25, 0.3) is 0 Å². The Hall–Kier alpha value is -3.28. The maximum atomic E-state index is 13.2. The third kappa shape index (κ3) is 4.90. The second-order valence-electron chi connectivity index (χ2n) is 7.82. The highest BCUT2D eigenvalue weighted by Crippen LogP contribution is 2.33. The summed E-state index contributed by atoms with van der Waals surface area (Å²) in [5.41, 5.74) is 2.73. The lowest BCUT2D eigenvalue weighted by Crippen LogP contribution is -2.36. The van der Waals surface area contributed by atoms with Crippen LogP contribution in [0.2, 0.25) is 0 Å². The molecule has 0 N–H and O–H groups in total. The highest BCUT2D eigenvalue weighted by molar-refractivity contribution is 5.79. The van der Waals surface area contributed by atoms with Gasteiger partial charge in [-0.3, -0.25) is 4.79 Å². The number of ether oxygens (including phenoxy) is 2. The number of nitrogens with zero attached hydrogens (tertiary/aromatic N) is 2. The van der Waals surface area contributed by atoms with Crippen LogP contribution in [0.15, 0.2) is 59.1 Å². The number of carbonyl (C=O) groups is 1. The van der Waals surface area contributed by atoms with E-state index in [0.717, 1.165) is 60.5 Å². The lowest BCUT2D eigenvalue weighted by atomic mass is 10.0. The molecule has 0 unspecified atom stereocenters. The van der Waals surface area contributed by atoms with Crippen molar-refractivity contribution in [3.05, 3.63) is 65.9 Å². The van der Waals surface area contributed by atoms with Crippen LogP contribution in [0.3, 0.4) is 0 Å². The number of benzene rings is 2. The fourth-order valence-corrected chi connectivity index (χ4v) is 4.07. The summed E-state index contributed by atoms with van der Waals surface area (Å²) in [6.45, 7) is 0.740. The number of hydrogen-bond acceptors (Lipinski definition) is 5. The SMILES string of the molecule is COc1ccc(CC(=O)N2CCCCC[C@H]2c2cc(-c3ccc(OC)cc3)on2)cc1. The molecule has 1 atom stereocenters. The Morgan fingerprint density at radius 3 is 2.35 bits per heavy atom. The topological polar surface area (TPSA) is 64.8 Å². The van der Waals surface area contributed by atoms with E-state index < -0.39 is 0 Å². The van der Waals surface area contributed by atoms with Crippen molar-refractivity contribution in [3.63, 3.8) is 0 Å². The molecule has 0 radical (unpaired) electrons. The van der Waals surface area contributed by atoms with E-state index in [0.29, 0.717) is 12.2 Å². The Kier molecular flexibility index (Phi) is 6.55. The first-order valence-electron chi connectivity index (χ1n) is 10.7. The number of rotatable bonds is 6. The quantitative estimate of drug-likeness (QED) is 0.559. The summed E-state index contributed by atoms with van der Waals surface area (Å²) in [6, 6.07) is 17.3. The van der Waals surface area contributed by atoms with E-state index in [1.54, 1.807) is 14.2 Å². The average Bonchev–Trinajstić information content (AvgIpc) is 3.17. The molecule has 1 aromatic heterocycles. The lowest BCUT2D eigenvalue weighted by molar-refractivity contribution is -0.133. The van der Waals surface area contributed by atoms with Crippen LogP contribution in [-0.4, -0.2) is 36.7 Å². The minimum atomic E-state index is -0.0657. The van der Waals surface area contributed by atoms with Crippen molar-refractivity contribution in [3.8, 4) is 22.8 Å². The highest BCUT2D eigenvalue weighted by Gasteiger charge is 2.29. The van der Waals surface area contributed by atoms with Gasteiger partial charge in [0.15, 0.2) is 5.76 Å². The molecule has 162 valence electrons. The summed E-state index contributed by atoms with van der Waals surface area (Å²) in [7, 11) is 3.28. The maximum Gasteiger partial charge on any atom is 0.227 e. The molecule has 31 heavy (non-hydrogen) atoms. The van der Waals surface area contributed by atoms with Gasteiger partial charge in [-0.1, -0.05) is 30.1 Å². The van der Waals surface area contributed by atoms with Crippen molar-refractivity contribution in [2.75, 3.05) is 20.8 Å². The van der Waals surface area contributed by atoms with Crippen LogP contribution in [0.4, 0.5) is 0 Å². The molecule has 6 heteroatoms. The van der Waals surface area contributed by atoms with E-state index in [1.165, 1.54) is 0 Å². The minimum absolute atomic E-state index is 0.0657. The Bertz CT molecular complexity index is 995. The van der Waals surface area contributed by atoms with Crippen molar-refractivity contribution < 1.29 is 18.8 Å². The van der Waals surface area contributed by atoms with Gasteiger partial charge < -0.3 is 18.9 Å². The summed E-state index contributed by atoms with van der Waals surface area (Å²) in [5, 5.41) is 4.35. The second-order valence-corrected chi connectivity index (χ2v) is 7.82. The Labute approximate surface area is 182 Å². The van der Waals surface area contributed by atoms with Gasteiger partial charge in [0.05, 0.1) is 26.7 Å². The van der Waals surface area contributed by atoms with Gasteiger partial charge in [0.1, 0.15) is 17.2 Å². The molecule has 0 spiro atoms. The third-order valence-electron chi connectivity index (χ3n) is 5.83. The van der Waals surface area contributed by atoms with E-state index >= 15 is 0 Å². The highest BCUT2D eigenvalue weighted by atomic mass is 16.5. The summed E-state index contributed by atoms with van der Waals surface area (Å²) in [4.78, 5) is 15.2. The minimum Gasteiger partial charge on any atom is -0.497 e. The van der Waals surface area contributed by atoms with Crippen LogP contribution in [0.5, 0.6) is 11.5 Å². The molecular formula is C25H28N2O4. The van der Waals surface area contributed by atoms with Crippen molar-refractivity contribution >= 4 is 5.91 Å². The number of amides is 1. The van der Waals surface area contributed by atoms with Crippen LogP contribution < -0.4 is 9.47 Å². The van der Waals surface area contributed by atoms with Crippen molar-refractivity contribution in [1.29, 1.82) is 0 Å². The first-order chi connectivity index (χ1) is 15.2. The number of carbonyl (C=O) groups excluding carboxylic acids is 1. The molecule has 2 aromatic carbocycles. The third-order valence-corrected chi connectivity index (χ3v) is 5.83. The van der Waals surface area contributed by atoms with Crippen LogP contribution in [-0.2, 0) is 11.2 Å². The summed E-state index contributed by atoms with van der Waals surface area (Å²) in [5.74, 6) is 2.40. The van der Waals surface area contributed by atoms with E-state index in [4.69, 9.17) is 14.0 Å². The molecule has 1 aliphatic rings. The van der Waals surface area contributed by atoms with Gasteiger partial charge >= 0.3 is 0 Å². The predicted octanol–water partition coefficient (Wildman–Crippen LogP) is 5.05. The van der Waals surface area contributed by atoms with Crippen molar-refractivity contribution in [2.45, 2.75) is 38.1 Å². The molecule has 0 aliphatic carbocycles. The van der Waals surface area contributed by atoms with Crippen LogP contribution in [0, 0.1) is 0 Å². The maximum absolute atomic E-state index is 13.2. The van der Waals surface area contributed by atoms with Gasteiger partial charge in [-0.2, -0.15) is 0 Å². The van der Waals surface area contributed by atoms with Gasteiger partial charge in [0, 0.05) is 18.2 Å². The molecule has 1 saturated heterocycles. The van der Waals surface area contributed by atoms with Crippen molar-refractivity contribution in [2.24, 2.45) is 0 Å². The fourth-order valence-electron chi connectivity index (χ4n) is 4.07. The molecule has 0 saturated carbocycles. The van der Waals surface area contributed by atoms with E-state index in [9.17, 15) is 4.79 Å². The number of hydrogen-bond donors (Lipinski definition) is 0. The Balaban J connectivity index is 1.53. The standard InChI is InChI=1S/C25H28N2O4/c1-29-20-11-7-18(8-12-20)16-25(28)27-15-5-3-4-6-23(27)22-17-24(31-26-22)19-9-13-21(30-2)14-10-19/h7-14,17,23H,3-6,15-16H2,1-2H3/t23-/m0/s1. The molecule has 4 rings (SSSR count). The lowest BCUT2D eigenvalue weighted by Gasteiger charge is -2.28.